The maximum Gasteiger partial charge on any atom is 0.312 e. The van der Waals surface area contributed by atoms with Gasteiger partial charge in [0.25, 0.3) is 0 Å². The summed E-state index contributed by atoms with van der Waals surface area (Å²) in [5.41, 5.74) is -2.02. The lowest BCUT2D eigenvalue weighted by atomic mass is 9.97. The number of fused-ring (bicyclic) bond motifs is 1. The molecule has 1 aliphatic carbocycles. The van der Waals surface area contributed by atoms with Crippen LogP contribution in [0.25, 0.3) is 0 Å². The normalized spacial score (nSPS) is 31.0. The van der Waals surface area contributed by atoms with Crippen molar-refractivity contribution in [1.29, 1.82) is 0 Å². The first-order valence-corrected chi connectivity index (χ1v) is 6.44. The minimum absolute atomic E-state index is 0.105. The molecule has 2 fully saturated rings. The molecule has 1 aliphatic heterocycles. The molecule has 1 saturated heterocycles. The minimum atomic E-state index is -1.25. The Hall–Kier alpha value is -2.02. The fourth-order valence-corrected chi connectivity index (χ4v) is 3.41. The van der Waals surface area contributed by atoms with E-state index >= 15 is 0 Å². The molecule has 0 radical (unpaired) electrons. The Morgan fingerprint density at radius 2 is 1.67 bits per heavy atom. The van der Waals surface area contributed by atoms with Gasteiger partial charge in [0.2, 0.25) is 0 Å². The molecule has 1 heterocycles. The first-order chi connectivity index (χ1) is 9.80. The number of carbonyl (C=O) groups is 2. The van der Waals surface area contributed by atoms with E-state index in [4.69, 9.17) is 0 Å². The molecule has 5 nitrogen and oxygen atoms in total. The van der Waals surface area contributed by atoms with Crippen molar-refractivity contribution in [2.45, 2.75) is 13.0 Å². The van der Waals surface area contributed by atoms with E-state index in [1.165, 1.54) is 6.07 Å². The summed E-state index contributed by atoms with van der Waals surface area (Å²) in [7, 11) is 0. The molecule has 0 amide bonds. The zero-order valence-corrected chi connectivity index (χ0v) is 11.0. The second-order valence-corrected chi connectivity index (χ2v) is 5.84. The Kier molecular flexibility index (Phi) is 2.81. The van der Waals surface area contributed by atoms with Gasteiger partial charge in [-0.15, -0.1) is 0 Å². The summed E-state index contributed by atoms with van der Waals surface area (Å²) >= 11 is 0. The van der Waals surface area contributed by atoms with Crippen molar-refractivity contribution in [2.24, 2.45) is 10.8 Å². The van der Waals surface area contributed by atoms with Crippen LogP contribution in [0, 0.1) is 22.5 Å². The van der Waals surface area contributed by atoms with Gasteiger partial charge in [-0.25, -0.2) is 8.78 Å². The largest absolute Gasteiger partial charge is 0.481 e. The maximum absolute atomic E-state index is 13.2. The predicted octanol–water partition coefficient (Wildman–Crippen LogP) is 1.33. The first kappa shape index (κ1) is 13.9. The number of carboxylic acid groups (broad SMARTS) is 2. The third-order valence-corrected chi connectivity index (χ3v) is 4.59. The summed E-state index contributed by atoms with van der Waals surface area (Å²) < 4.78 is 26.0. The summed E-state index contributed by atoms with van der Waals surface area (Å²) in [6, 6.07) is 3.45. The van der Waals surface area contributed by atoms with Crippen LogP contribution in [-0.4, -0.2) is 40.1 Å². The third-order valence-electron chi connectivity index (χ3n) is 4.59. The van der Waals surface area contributed by atoms with Crippen LogP contribution in [0.5, 0.6) is 0 Å². The molecule has 0 bridgehead atoms. The van der Waals surface area contributed by atoms with Crippen LogP contribution in [0.1, 0.15) is 12.0 Å². The van der Waals surface area contributed by atoms with E-state index in [1.807, 2.05) is 0 Å². The zero-order valence-electron chi connectivity index (χ0n) is 11.0. The molecule has 1 aromatic rings. The molecular weight excluding hydrogens is 284 g/mol. The highest BCUT2D eigenvalue weighted by atomic mass is 19.2. The van der Waals surface area contributed by atoms with Gasteiger partial charge in [0.15, 0.2) is 11.6 Å². The van der Waals surface area contributed by atoms with Gasteiger partial charge >= 0.3 is 11.9 Å². The standard InChI is InChI=1S/C14H13F2NO4/c15-9-2-1-8(3-10(9)16)4-17-6-13(11(18)19)5-14(13,7-17)12(20)21/h1-3H,4-7H2,(H,18,19)(H,20,21)/t13-,14+. The summed E-state index contributed by atoms with van der Waals surface area (Å²) in [6.45, 7) is 0.405. The fourth-order valence-electron chi connectivity index (χ4n) is 3.41. The summed E-state index contributed by atoms with van der Waals surface area (Å²) in [4.78, 5) is 24.4. The van der Waals surface area contributed by atoms with Gasteiger partial charge in [0.1, 0.15) is 0 Å². The van der Waals surface area contributed by atoms with E-state index in [2.05, 4.69) is 0 Å². The number of carboxylic acids is 2. The van der Waals surface area contributed by atoms with Crippen LogP contribution in [0.2, 0.25) is 0 Å². The van der Waals surface area contributed by atoms with Gasteiger partial charge in [-0.1, -0.05) is 6.07 Å². The number of piperidine rings is 1. The summed E-state index contributed by atoms with van der Waals surface area (Å²) in [6.07, 6.45) is 0.124. The Balaban J connectivity index is 1.79. The molecule has 0 spiro atoms. The van der Waals surface area contributed by atoms with Crippen LogP contribution < -0.4 is 0 Å². The lowest BCUT2D eigenvalue weighted by Gasteiger charge is -2.19. The monoisotopic (exact) mass is 297 g/mol. The van der Waals surface area contributed by atoms with Gasteiger partial charge < -0.3 is 10.2 Å². The highest BCUT2D eigenvalue weighted by Crippen LogP contribution is 2.68. The van der Waals surface area contributed by atoms with Gasteiger partial charge in [0.05, 0.1) is 10.8 Å². The molecule has 0 aromatic heterocycles. The molecule has 2 aliphatic rings. The van der Waals surface area contributed by atoms with Crippen LogP contribution in [0.15, 0.2) is 18.2 Å². The predicted molar refractivity (Wildman–Crippen MR) is 66.4 cm³/mol. The molecule has 2 N–H and O–H groups in total. The van der Waals surface area contributed by atoms with Crippen molar-refractivity contribution in [3.05, 3.63) is 35.4 Å². The molecule has 21 heavy (non-hydrogen) atoms. The van der Waals surface area contributed by atoms with E-state index < -0.39 is 34.4 Å². The van der Waals surface area contributed by atoms with Crippen LogP contribution in [0.3, 0.4) is 0 Å². The van der Waals surface area contributed by atoms with E-state index in [-0.39, 0.29) is 26.1 Å². The van der Waals surface area contributed by atoms with Crippen LogP contribution in [0.4, 0.5) is 8.78 Å². The smallest absolute Gasteiger partial charge is 0.312 e. The Bertz CT molecular complexity index is 622. The zero-order chi connectivity index (χ0) is 15.4. The van der Waals surface area contributed by atoms with Crippen LogP contribution >= 0.6 is 0 Å². The minimum Gasteiger partial charge on any atom is -0.481 e. The Morgan fingerprint density at radius 1 is 1.10 bits per heavy atom. The van der Waals surface area contributed by atoms with Gasteiger partial charge in [-0.2, -0.15) is 0 Å². The topological polar surface area (TPSA) is 77.8 Å². The van der Waals surface area contributed by atoms with Crippen molar-refractivity contribution in [3.8, 4) is 0 Å². The molecule has 7 heteroatoms. The summed E-state index contributed by atoms with van der Waals surface area (Å²) in [5.74, 6) is -4.15. The fraction of sp³-hybridized carbons (Fsp3) is 0.429. The van der Waals surface area contributed by atoms with Gasteiger partial charge in [-0.3, -0.25) is 14.5 Å². The van der Waals surface area contributed by atoms with Gasteiger partial charge in [0, 0.05) is 19.6 Å². The number of hydrogen-bond acceptors (Lipinski definition) is 3. The number of halogens is 2. The first-order valence-electron chi connectivity index (χ1n) is 6.44. The van der Waals surface area contributed by atoms with Crippen molar-refractivity contribution in [1.82, 2.24) is 4.90 Å². The van der Waals surface area contributed by atoms with Crippen LogP contribution in [-0.2, 0) is 16.1 Å². The Morgan fingerprint density at radius 3 is 2.14 bits per heavy atom. The van der Waals surface area contributed by atoms with Crippen molar-refractivity contribution < 1.29 is 28.6 Å². The molecule has 1 saturated carbocycles. The summed E-state index contributed by atoms with van der Waals surface area (Å²) in [5, 5.41) is 18.6. The second-order valence-electron chi connectivity index (χ2n) is 5.84. The quantitative estimate of drug-likeness (QED) is 0.876. The maximum atomic E-state index is 13.2. The number of rotatable bonds is 4. The highest BCUT2D eigenvalue weighted by Gasteiger charge is 2.80. The lowest BCUT2D eigenvalue weighted by molar-refractivity contribution is -0.151. The van der Waals surface area contributed by atoms with Crippen molar-refractivity contribution in [3.63, 3.8) is 0 Å². The third kappa shape index (κ3) is 1.84. The molecule has 0 unspecified atom stereocenters. The Labute approximate surface area is 118 Å². The average molecular weight is 297 g/mol. The second kappa shape index (κ2) is 4.24. The lowest BCUT2D eigenvalue weighted by Crippen LogP contribution is -2.28. The number of aliphatic carboxylic acids is 2. The highest BCUT2D eigenvalue weighted by molar-refractivity contribution is 5.94. The number of nitrogens with zero attached hydrogens (tertiary/aromatic N) is 1. The van der Waals surface area contributed by atoms with Crippen molar-refractivity contribution in [2.75, 3.05) is 13.1 Å². The molecule has 2 atom stereocenters. The number of likely N-dealkylation sites (tertiary alicyclic amines) is 1. The SMILES string of the molecule is O=C(O)[C@@]12CN(Cc3ccc(F)c(F)c3)C[C@]1(C(=O)O)C2. The van der Waals surface area contributed by atoms with E-state index in [1.54, 1.807) is 4.90 Å². The molecule has 112 valence electrons. The molecular formula is C14H13F2NO4. The van der Waals surface area contributed by atoms with E-state index in [0.29, 0.717) is 5.56 Å². The number of hydrogen-bond donors (Lipinski definition) is 2. The van der Waals surface area contributed by atoms with Crippen molar-refractivity contribution >= 4 is 11.9 Å². The van der Waals surface area contributed by atoms with E-state index in [9.17, 15) is 28.6 Å². The molecule has 1 aromatic carbocycles. The van der Waals surface area contributed by atoms with E-state index in [0.717, 1.165) is 12.1 Å². The van der Waals surface area contributed by atoms with Gasteiger partial charge in [-0.05, 0) is 24.1 Å². The molecule has 3 rings (SSSR count). The number of benzene rings is 1. The average Bonchev–Trinajstić information content (AvgIpc) is 2.94.